The summed E-state index contributed by atoms with van der Waals surface area (Å²) in [5.74, 6) is 2.66. The van der Waals surface area contributed by atoms with E-state index in [2.05, 4.69) is 52.9 Å². The average molecular weight is 481 g/mol. The molecular formula is C18H24IN7O. The third-order valence-corrected chi connectivity index (χ3v) is 5.42. The Morgan fingerprint density at radius 1 is 0.889 bits per heavy atom. The van der Waals surface area contributed by atoms with Gasteiger partial charge in [-0.1, -0.05) is 0 Å². The summed E-state index contributed by atoms with van der Waals surface area (Å²) in [7, 11) is 0. The molecule has 4 rings (SSSR count). The molecule has 2 fully saturated rings. The molecule has 0 unspecified atom stereocenters. The summed E-state index contributed by atoms with van der Waals surface area (Å²) in [6, 6.07) is 3.77. The molecule has 0 atom stereocenters. The lowest BCUT2D eigenvalue weighted by Crippen LogP contribution is -2.34. The number of hydrogen-bond donors (Lipinski definition) is 1. The maximum atomic E-state index is 5.49. The number of halogens is 1. The van der Waals surface area contributed by atoms with Crippen LogP contribution in [0.1, 0.15) is 44.3 Å². The number of anilines is 3. The molecule has 2 aliphatic heterocycles. The van der Waals surface area contributed by atoms with Crippen LogP contribution in [0.3, 0.4) is 0 Å². The van der Waals surface area contributed by atoms with Crippen LogP contribution in [0.2, 0.25) is 0 Å². The Hall–Kier alpha value is -1.91. The van der Waals surface area contributed by atoms with Crippen LogP contribution in [0, 0.1) is 3.77 Å². The van der Waals surface area contributed by atoms with Crippen molar-refractivity contribution in [1.82, 2.24) is 15.0 Å². The first-order valence-corrected chi connectivity index (χ1v) is 10.7. The lowest BCUT2D eigenvalue weighted by atomic mass is 10.1. The van der Waals surface area contributed by atoms with Crippen molar-refractivity contribution in [2.24, 2.45) is 5.10 Å². The normalized spacial score (nSPS) is 18.3. The van der Waals surface area contributed by atoms with Gasteiger partial charge in [0, 0.05) is 26.2 Å². The molecule has 1 N–H and O–H groups in total. The molecule has 0 saturated carbocycles. The second kappa shape index (κ2) is 8.85. The minimum absolute atomic E-state index is 0.476. The maximum Gasteiger partial charge on any atom is 0.250 e. The van der Waals surface area contributed by atoms with Gasteiger partial charge in [0.05, 0.1) is 6.21 Å². The molecule has 4 heterocycles. The van der Waals surface area contributed by atoms with E-state index in [1.165, 1.54) is 38.5 Å². The zero-order chi connectivity index (χ0) is 18.5. The van der Waals surface area contributed by atoms with Crippen molar-refractivity contribution >= 4 is 46.7 Å². The van der Waals surface area contributed by atoms with Crippen LogP contribution in [0.4, 0.5) is 17.8 Å². The van der Waals surface area contributed by atoms with Gasteiger partial charge >= 0.3 is 0 Å². The van der Waals surface area contributed by atoms with E-state index in [-0.39, 0.29) is 0 Å². The molecule has 0 spiro atoms. The minimum atomic E-state index is 0.476. The molecule has 0 aromatic carbocycles. The fourth-order valence-electron chi connectivity index (χ4n) is 3.43. The number of rotatable bonds is 5. The highest BCUT2D eigenvalue weighted by Crippen LogP contribution is 2.22. The average Bonchev–Trinajstić information content (AvgIpc) is 3.14. The molecule has 2 aromatic rings. The summed E-state index contributed by atoms with van der Waals surface area (Å²) in [6.45, 7) is 3.99. The predicted octanol–water partition coefficient (Wildman–Crippen LogP) is 3.50. The Labute approximate surface area is 172 Å². The number of aromatic nitrogens is 3. The standard InChI is InChI=1S/C18H24IN7O/c19-15-8-7-14(27-15)13-20-24-16-21-17(25-9-3-1-4-10-25)23-18(22-16)26-11-5-2-6-12-26/h7-8,13H,1-6,9-12H2,(H,21,22,23,24). The lowest BCUT2D eigenvalue weighted by Gasteiger charge is -2.30. The third-order valence-electron chi connectivity index (χ3n) is 4.84. The van der Waals surface area contributed by atoms with Crippen LogP contribution in [-0.4, -0.2) is 47.3 Å². The second-order valence-corrected chi connectivity index (χ2v) is 7.93. The summed E-state index contributed by atoms with van der Waals surface area (Å²) >= 11 is 2.13. The van der Waals surface area contributed by atoms with E-state index in [0.717, 1.165) is 41.8 Å². The van der Waals surface area contributed by atoms with Gasteiger partial charge < -0.3 is 14.2 Å². The monoisotopic (exact) mass is 481 g/mol. The summed E-state index contributed by atoms with van der Waals surface area (Å²) in [4.78, 5) is 18.5. The topological polar surface area (TPSA) is 82.7 Å². The number of hydrogen-bond acceptors (Lipinski definition) is 8. The molecule has 2 aromatic heterocycles. The van der Waals surface area contributed by atoms with E-state index in [9.17, 15) is 0 Å². The summed E-state index contributed by atoms with van der Waals surface area (Å²) in [6.07, 6.45) is 8.92. The molecule has 27 heavy (non-hydrogen) atoms. The van der Waals surface area contributed by atoms with Crippen molar-refractivity contribution in [3.05, 3.63) is 21.7 Å². The van der Waals surface area contributed by atoms with Crippen molar-refractivity contribution in [2.75, 3.05) is 41.4 Å². The van der Waals surface area contributed by atoms with Gasteiger partial charge in [0.1, 0.15) is 5.76 Å². The van der Waals surface area contributed by atoms with Crippen molar-refractivity contribution in [3.8, 4) is 0 Å². The van der Waals surface area contributed by atoms with Gasteiger partial charge in [-0.2, -0.15) is 20.1 Å². The van der Waals surface area contributed by atoms with E-state index < -0.39 is 0 Å². The van der Waals surface area contributed by atoms with Crippen LogP contribution >= 0.6 is 22.6 Å². The fourth-order valence-corrected chi connectivity index (χ4v) is 3.86. The first-order chi connectivity index (χ1) is 13.3. The van der Waals surface area contributed by atoms with E-state index in [0.29, 0.717) is 11.7 Å². The van der Waals surface area contributed by atoms with E-state index in [1.807, 2.05) is 12.1 Å². The Kier molecular flexibility index (Phi) is 6.05. The molecule has 8 nitrogen and oxygen atoms in total. The van der Waals surface area contributed by atoms with Gasteiger partial charge in [-0.3, -0.25) is 0 Å². The van der Waals surface area contributed by atoms with Crippen molar-refractivity contribution < 1.29 is 4.42 Å². The third kappa shape index (κ3) is 4.88. The van der Waals surface area contributed by atoms with Crippen molar-refractivity contribution in [2.45, 2.75) is 38.5 Å². The van der Waals surface area contributed by atoms with Crippen LogP contribution in [0.15, 0.2) is 21.7 Å². The largest absolute Gasteiger partial charge is 0.449 e. The lowest BCUT2D eigenvalue weighted by molar-refractivity contribution is 0.531. The first kappa shape index (κ1) is 18.5. The first-order valence-electron chi connectivity index (χ1n) is 9.58. The highest BCUT2D eigenvalue weighted by molar-refractivity contribution is 14.1. The Balaban J connectivity index is 1.55. The number of furan rings is 1. The van der Waals surface area contributed by atoms with Gasteiger partial charge in [-0.25, -0.2) is 5.43 Å². The number of nitrogens with zero attached hydrogens (tertiary/aromatic N) is 6. The molecule has 0 bridgehead atoms. The highest BCUT2D eigenvalue weighted by Gasteiger charge is 2.20. The quantitative estimate of drug-likeness (QED) is 0.398. The molecule has 2 aliphatic rings. The Bertz CT molecular complexity index is 746. The van der Waals surface area contributed by atoms with E-state index in [1.54, 1.807) is 6.21 Å². The van der Waals surface area contributed by atoms with Crippen LogP contribution < -0.4 is 15.2 Å². The van der Waals surface area contributed by atoms with Crippen LogP contribution in [0.5, 0.6) is 0 Å². The fraction of sp³-hybridized carbons (Fsp3) is 0.556. The summed E-state index contributed by atoms with van der Waals surface area (Å²) in [5.41, 5.74) is 2.95. The second-order valence-electron chi connectivity index (χ2n) is 6.87. The predicted molar refractivity (Wildman–Crippen MR) is 115 cm³/mol. The van der Waals surface area contributed by atoms with Crippen LogP contribution in [0.25, 0.3) is 0 Å². The van der Waals surface area contributed by atoms with Gasteiger partial charge in [0.15, 0.2) is 3.77 Å². The molecule has 0 aliphatic carbocycles. The van der Waals surface area contributed by atoms with E-state index in [4.69, 9.17) is 9.40 Å². The number of hydrazone groups is 1. The van der Waals surface area contributed by atoms with Crippen molar-refractivity contribution in [1.29, 1.82) is 0 Å². The number of nitrogens with one attached hydrogen (secondary N) is 1. The SMILES string of the molecule is Ic1ccc(C=NNc2nc(N3CCCCC3)nc(N3CCCCC3)n2)o1. The molecule has 0 radical (unpaired) electrons. The van der Waals surface area contributed by atoms with Gasteiger partial charge in [0.2, 0.25) is 17.8 Å². The molecule has 144 valence electrons. The summed E-state index contributed by atoms with van der Waals surface area (Å²) in [5, 5.41) is 4.24. The maximum absolute atomic E-state index is 5.49. The van der Waals surface area contributed by atoms with Crippen LogP contribution in [-0.2, 0) is 0 Å². The number of piperidine rings is 2. The minimum Gasteiger partial charge on any atom is -0.449 e. The summed E-state index contributed by atoms with van der Waals surface area (Å²) < 4.78 is 6.31. The van der Waals surface area contributed by atoms with Gasteiger partial charge in [-0.15, -0.1) is 0 Å². The van der Waals surface area contributed by atoms with Gasteiger partial charge in [-0.05, 0) is 73.2 Å². The van der Waals surface area contributed by atoms with E-state index >= 15 is 0 Å². The highest BCUT2D eigenvalue weighted by atomic mass is 127. The molecule has 0 amide bonds. The molecule has 2 saturated heterocycles. The molecular weight excluding hydrogens is 457 g/mol. The molecule has 9 heteroatoms. The zero-order valence-corrected chi connectivity index (χ0v) is 17.4. The Morgan fingerprint density at radius 3 is 2.00 bits per heavy atom. The Morgan fingerprint density at radius 2 is 1.48 bits per heavy atom. The van der Waals surface area contributed by atoms with Gasteiger partial charge in [0.25, 0.3) is 0 Å². The zero-order valence-electron chi connectivity index (χ0n) is 15.3. The smallest absolute Gasteiger partial charge is 0.250 e. The van der Waals surface area contributed by atoms with Crippen molar-refractivity contribution in [3.63, 3.8) is 0 Å².